The maximum atomic E-state index is 12.0. The molecule has 3 nitrogen and oxygen atoms in total. The first-order valence-corrected chi connectivity index (χ1v) is 7.06. The summed E-state index contributed by atoms with van der Waals surface area (Å²) >= 11 is 1.60. The fourth-order valence-corrected chi connectivity index (χ4v) is 3.00. The molecule has 1 aromatic rings. The van der Waals surface area contributed by atoms with E-state index in [1.165, 1.54) is 0 Å². The summed E-state index contributed by atoms with van der Waals surface area (Å²) in [6, 6.07) is 0.0667. The van der Waals surface area contributed by atoms with Crippen LogP contribution in [0.4, 0.5) is 0 Å². The highest BCUT2D eigenvalue weighted by atomic mass is 35.5. The summed E-state index contributed by atoms with van der Waals surface area (Å²) in [6.45, 7) is 7.41. The number of carbonyl (C=O) groups is 1. The van der Waals surface area contributed by atoms with Crippen LogP contribution in [-0.4, -0.2) is 23.4 Å². The molecule has 102 valence electrons. The van der Waals surface area contributed by atoms with Gasteiger partial charge in [0.1, 0.15) is 5.01 Å². The van der Waals surface area contributed by atoms with E-state index in [9.17, 15) is 4.79 Å². The molecular weight excluding hydrogens is 268 g/mol. The number of ketones is 1. The van der Waals surface area contributed by atoms with Gasteiger partial charge in [0.15, 0.2) is 5.78 Å². The molecule has 18 heavy (non-hydrogen) atoms. The van der Waals surface area contributed by atoms with Crippen LogP contribution < -0.4 is 5.32 Å². The lowest BCUT2D eigenvalue weighted by atomic mass is 9.93. The van der Waals surface area contributed by atoms with Crippen LogP contribution in [0.25, 0.3) is 0 Å². The topological polar surface area (TPSA) is 42.0 Å². The van der Waals surface area contributed by atoms with Crippen LogP contribution in [0.15, 0.2) is 5.38 Å². The largest absolute Gasteiger partial charge is 0.307 e. The lowest BCUT2D eigenvalue weighted by Gasteiger charge is -2.14. The van der Waals surface area contributed by atoms with Gasteiger partial charge in [-0.3, -0.25) is 4.79 Å². The zero-order valence-electron chi connectivity index (χ0n) is 11.2. The van der Waals surface area contributed by atoms with Crippen molar-refractivity contribution >= 4 is 29.5 Å². The molecule has 0 aromatic carbocycles. The van der Waals surface area contributed by atoms with E-state index in [2.05, 4.69) is 36.5 Å². The second kappa shape index (κ2) is 6.13. The van der Waals surface area contributed by atoms with E-state index in [4.69, 9.17) is 0 Å². The molecular formula is C13H21ClN2OS. The van der Waals surface area contributed by atoms with Gasteiger partial charge in [0.05, 0.1) is 18.2 Å². The first kappa shape index (κ1) is 15.6. The van der Waals surface area contributed by atoms with Crippen molar-refractivity contribution in [2.75, 3.05) is 6.54 Å². The summed E-state index contributed by atoms with van der Waals surface area (Å²) in [5, 5.41) is 6.27. The number of rotatable bonds is 3. The molecule has 0 saturated carbocycles. The summed E-state index contributed by atoms with van der Waals surface area (Å²) in [4.78, 5) is 16.5. The molecule has 2 heterocycles. The molecule has 1 saturated heterocycles. The minimum absolute atomic E-state index is 0. The number of hydrogen-bond donors (Lipinski definition) is 1. The van der Waals surface area contributed by atoms with Crippen molar-refractivity contribution in [3.05, 3.63) is 16.1 Å². The maximum absolute atomic E-state index is 12.0. The number of thiazole rings is 1. The van der Waals surface area contributed by atoms with Crippen LogP contribution in [0.3, 0.4) is 0 Å². The highest BCUT2D eigenvalue weighted by molar-refractivity contribution is 7.09. The van der Waals surface area contributed by atoms with Gasteiger partial charge in [-0.1, -0.05) is 20.8 Å². The van der Waals surface area contributed by atoms with E-state index in [1.54, 1.807) is 11.3 Å². The van der Waals surface area contributed by atoms with Gasteiger partial charge in [0.2, 0.25) is 0 Å². The van der Waals surface area contributed by atoms with Gasteiger partial charge < -0.3 is 5.32 Å². The van der Waals surface area contributed by atoms with Gasteiger partial charge in [0.25, 0.3) is 0 Å². The maximum Gasteiger partial charge on any atom is 0.156 e. The summed E-state index contributed by atoms with van der Waals surface area (Å²) in [5.74, 6) is 0.289. The highest BCUT2D eigenvalue weighted by Gasteiger charge is 2.24. The normalized spacial score (nSPS) is 19.6. The Bertz CT molecular complexity index is 405. The average molecular weight is 289 g/mol. The van der Waals surface area contributed by atoms with Crippen LogP contribution in [0.1, 0.15) is 44.3 Å². The summed E-state index contributed by atoms with van der Waals surface area (Å²) in [5.41, 5.74) is 1.16. The molecule has 0 radical (unpaired) electrons. The monoisotopic (exact) mass is 288 g/mol. The standard InChI is InChI=1S/C13H20N2OS.ClH/c1-13(2,3)11-8-17-12(15-11)7-10(16)9-5-4-6-14-9;/h8-9,14H,4-7H2,1-3H3;1H/t9-;/m0./s1. The minimum atomic E-state index is 0. The molecule has 1 N–H and O–H groups in total. The molecule has 5 heteroatoms. The molecule has 1 aliphatic heterocycles. The molecule has 1 fully saturated rings. The number of nitrogens with zero attached hydrogens (tertiary/aromatic N) is 1. The third kappa shape index (κ3) is 3.77. The van der Waals surface area contributed by atoms with Crippen LogP contribution in [0.5, 0.6) is 0 Å². The zero-order valence-corrected chi connectivity index (χ0v) is 12.8. The first-order chi connectivity index (χ1) is 7.97. The van der Waals surface area contributed by atoms with Crippen molar-refractivity contribution in [3.63, 3.8) is 0 Å². The average Bonchev–Trinajstić information content (AvgIpc) is 2.85. The van der Waals surface area contributed by atoms with Crippen molar-refractivity contribution < 1.29 is 4.79 Å². The highest BCUT2D eigenvalue weighted by Crippen LogP contribution is 2.24. The summed E-state index contributed by atoms with van der Waals surface area (Å²) in [6.07, 6.45) is 2.58. The predicted molar refractivity (Wildman–Crippen MR) is 77.8 cm³/mol. The zero-order chi connectivity index (χ0) is 12.5. The summed E-state index contributed by atoms with van der Waals surface area (Å²) < 4.78 is 0. The minimum Gasteiger partial charge on any atom is -0.307 e. The van der Waals surface area contributed by atoms with E-state index >= 15 is 0 Å². The Morgan fingerprint density at radius 2 is 2.28 bits per heavy atom. The molecule has 1 aliphatic rings. The number of halogens is 1. The molecule has 0 unspecified atom stereocenters. The third-order valence-electron chi connectivity index (χ3n) is 3.09. The lowest BCUT2D eigenvalue weighted by molar-refractivity contribution is -0.120. The Hall–Kier alpha value is -0.450. The molecule has 0 spiro atoms. The number of hydrogen-bond acceptors (Lipinski definition) is 4. The van der Waals surface area contributed by atoms with Crippen LogP contribution >= 0.6 is 23.7 Å². The Morgan fingerprint density at radius 3 is 2.78 bits per heavy atom. The number of Topliss-reactive ketones (excluding diaryl/α,β-unsaturated/α-hetero) is 1. The fourth-order valence-electron chi connectivity index (χ4n) is 1.97. The molecule has 0 amide bonds. The van der Waals surface area contributed by atoms with Gasteiger partial charge in [0, 0.05) is 10.8 Å². The van der Waals surface area contributed by atoms with E-state index in [-0.39, 0.29) is 29.6 Å². The molecule has 0 aliphatic carbocycles. The second-order valence-corrected chi connectivity index (χ2v) is 6.61. The van der Waals surface area contributed by atoms with E-state index in [0.29, 0.717) is 6.42 Å². The lowest BCUT2D eigenvalue weighted by Crippen LogP contribution is -2.31. The Morgan fingerprint density at radius 1 is 1.56 bits per heavy atom. The smallest absolute Gasteiger partial charge is 0.156 e. The van der Waals surface area contributed by atoms with E-state index < -0.39 is 0 Å². The Labute approximate surface area is 119 Å². The van der Waals surface area contributed by atoms with Gasteiger partial charge in [-0.2, -0.15) is 0 Å². The van der Waals surface area contributed by atoms with Gasteiger partial charge in [-0.15, -0.1) is 23.7 Å². The van der Waals surface area contributed by atoms with Gasteiger partial charge in [-0.25, -0.2) is 4.98 Å². The summed E-state index contributed by atoms with van der Waals surface area (Å²) in [7, 11) is 0. The van der Waals surface area contributed by atoms with E-state index in [1.807, 2.05) is 0 Å². The number of nitrogens with one attached hydrogen (secondary N) is 1. The first-order valence-electron chi connectivity index (χ1n) is 6.18. The van der Waals surface area contributed by atoms with Crippen LogP contribution in [0.2, 0.25) is 0 Å². The molecule has 0 bridgehead atoms. The second-order valence-electron chi connectivity index (χ2n) is 5.67. The van der Waals surface area contributed by atoms with E-state index in [0.717, 1.165) is 30.1 Å². The van der Waals surface area contributed by atoms with Crippen molar-refractivity contribution in [3.8, 4) is 0 Å². The van der Waals surface area contributed by atoms with Crippen LogP contribution in [-0.2, 0) is 16.6 Å². The number of carbonyl (C=O) groups excluding carboxylic acids is 1. The van der Waals surface area contributed by atoms with Gasteiger partial charge in [-0.05, 0) is 19.4 Å². The van der Waals surface area contributed by atoms with Crippen molar-refractivity contribution in [1.82, 2.24) is 10.3 Å². The van der Waals surface area contributed by atoms with Crippen LogP contribution in [0, 0.1) is 0 Å². The Balaban J connectivity index is 0.00000162. The fraction of sp³-hybridized carbons (Fsp3) is 0.692. The number of aromatic nitrogens is 1. The molecule has 2 rings (SSSR count). The third-order valence-corrected chi connectivity index (χ3v) is 3.94. The van der Waals surface area contributed by atoms with Gasteiger partial charge >= 0.3 is 0 Å². The predicted octanol–water partition coefficient (Wildman–Crippen LogP) is 2.73. The molecule has 1 aromatic heterocycles. The van der Waals surface area contributed by atoms with Crippen molar-refractivity contribution in [2.24, 2.45) is 0 Å². The van der Waals surface area contributed by atoms with Crippen molar-refractivity contribution in [1.29, 1.82) is 0 Å². The van der Waals surface area contributed by atoms with Crippen molar-refractivity contribution in [2.45, 2.75) is 51.5 Å². The molecule has 1 atom stereocenters. The SMILES string of the molecule is CC(C)(C)c1csc(CC(=O)[C@@H]2CCCN2)n1.Cl. The Kier molecular flexibility index (Phi) is 5.32. The quantitative estimate of drug-likeness (QED) is 0.930.